The van der Waals surface area contributed by atoms with Crippen molar-refractivity contribution in [3.05, 3.63) is 95.5 Å². The fourth-order valence-electron chi connectivity index (χ4n) is 3.44. The molecule has 2 heterocycles. The van der Waals surface area contributed by atoms with Crippen molar-refractivity contribution >= 4 is 21.7 Å². The van der Waals surface area contributed by atoms with Crippen molar-refractivity contribution in [3.8, 4) is 10.6 Å². The van der Waals surface area contributed by atoms with Crippen LogP contribution in [0.5, 0.6) is 0 Å². The van der Waals surface area contributed by atoms with Crippen LogP contribution in [-0.2, 0) is 5.41 Å². The number of rotatable bonds is 4. The van der Waals surface area contributed by atoms with Crippen LogP contribution in [0.25, 0.3) is 20.9 Å². The Labute approximate surface area is 165 Å². The summed E-state index contributed by atoms with van der Waals surface area (Å²) in [5.41, 5.74) is 3.62. The van der Waals surface area contributed by atoms with Gasteiger partial charge in [0.1, 0.15) is 21.2 Å². The largest absolute Gasteiger partial charge is 0.389 e. The highest BCUT2D eigenvalue weighted by molar-refractivity contribution is 7.21. The Balaban J connectivity index is 1.55. The van der Waals surface area contributed by atoms with Crippen LogP contribution in [0.15, 0.2) is 72.8 Å². The molecule has 5 rings (SSSR count). The molecule has 4 aromatic rings. The molecule has 0 saturated heterocycles. The van der Waals surface area contributed by atoms with Gasteiger partial charge in [-0.15, -0.1) is 0 Å². The topological polar surface area (TPSA) is 46.0 Å². The van der Waals surface area contributed by atoms with E-state index in [9.17, 15) is 9.50 Å². The molecule has 2 aromatic heterocycles. The minimum Gasteiger partial charge on any atom is -0.389 e. The van der Waals surface area contributed by atoms with Gasteiger partial charge in [0, 0.05) is 5.56 Å². The molecule has 28 heavy (non-hydrogen) atoms. The maximum atomic E-state index is 14.5. The Kier molecular flexibility index (Phi) is 3.89. The maximum absolute atomic E-state index is 14.5. The van der Waals surface area contributed by atoms with E-state index in [2.05, 4.69) is 29.3 Å². The van der Waals surface area contributed by atoms with Crippen molar-refractivity contribution in [2.45, 2.75) is 18.4 Å². The first-order valence-corrected chi connectivity index (χ1v) is 9.90. The van der Waals surface area contributed by atoms with Gasteiger partial charge in [-0.2, -0.15) is 0 Å². The average Bonchev–Trinajstić information content (AvgIpc) is 3.41. The number of nitrogens with zero attached hydrogens (tertiary/aromatic N) is 2. The molecule has 0 aliphatic heterocycles. The van der Waals surface area contributed by atoms with Gasteiger partial charge in [-0.05, 0) is 42.3 Å². The first kappa shape index (κ1) is 17.2. The van der Waals surface area contributed by atoms with E-state index in [0.29, 0.717) is 16.1 Å². The van der Waals surface area contributed by atoms with E-state index < -0.39 is 6.10 Å². The van der Waals surface area contributed by atoms with E-state index in [1.54, 1.807) is 19.1 Å². The van der Waals surface area contributed by atoms with Gasteiger partial charge in [-0.1, -0.05) is 59.9 Å². The number of benzene rings is 2. The van der Waals surface area contributed by atoms with Crippen LogP contribution in [0, 0.1) is 5.82 Å². The lowest BCUT2D eigenvalue weighted by molar-refractivity contribution is 0.199. The summed E-state index contributed by atoms with van der Waals surface area (Å²) in [6, 6.07) is 19.0. The van der Waals surface area contributed by atoms with Crippen molar-refractivity contribution in [2.75, 3.05) is 0 Å². The molecule has 0 fully saturated rings. The Bertz CT molecular complexity index is 1210. The minimum atomic E-state index is -0.705. The second-order valence-corrected chi connectivity index (χ2v) is 8.00. The van der Waals surface area contributed by atoms with Crippen LogP contribution in [0.2, 0.25) is 0 Å². The number of thiazole rings is 1. The lowest BCUT2D eigenvalue weighted by Crippen LogP contribution is -2.12. The summed E-state index contributed by atoms with van der Waals surface area (Å²) in [6.45, 7) is 1.62. The van der Waals surface area contributed by atoms with Crippen molar-refractivity contribution in [1.82, 2.24) is 9.97 Å². The fourth-order valence-corrected chi connectivity index (χ4v) is 4.40. The number of hydrogen-bond acceptors (Lipinski definition) is 4. The highest BCUT2D eigenvalue weighted by atomic mass is 32.1. The van der Waals surface area contributed by atoms with E-state index >= 15 is 0 Å². The number of fused-ring (bicyclic) bond motifs is 1. The SMILES string of the molecule is CC(O)c1ccc(-c2nc3ccc(C4(c5ccccc5)C=C4)nc3s2)c(F)c1. The number of pyridine rings is 1. The predicted octanol–water partition coefficient (Wildman–Crippen LogP) is 5.41. The molecular weight excluding hydrogens is 371 g/mol. The smallest absolute Gasteiger partial charge is 0.144 e. The molecule has 0 radical (unpaired) electrons. The zero-order valence-corrected chi connectivity index (χ0v) is 15.9. The quantitative estimate of drug-likeness (QED) is 0.476. The molecule has 0 spiro atoms. The van der Waals surface area contributed by atoms with Gasteiger partial charge >= 0.3 is 0 Å². The van der Waals surface area contributed by atoms with E-state index in [-0.39, 0.29) is 11.2 Å². The third kappa shape index (κ3) is 2.75. The first-order chi connectivity index (χ1) is 13.6. The number of aliphatic hydroxyl groups is 1. The average molecular weight is 388 g/mol. The molecule has 1 unspecified atom stereocenters. The molecule has 1 aliphatic carbocycles. The number of aromatic nitrogens is 2. The predicted molar refractivity (Wildman–Crippen MR) is 110 cm³/mol. The Morgan fingerprint density at radius 1 is 1.00 bits per heavy atom. The second kappa shape index (κ2) is 6.33. The molecule has 0 saturated carbocycles. The number of aliphatic hydroxyl groups excluding tert-OH is 1. The zero-order valence-electron chi connectivity index (χ0n) is 15.1. The van der Waals surface area contributed by atoms with Gasteiger partial charge < -0.3 is 5.11 Å². The molecule has 1 atom stereocenters. The standard InChI is InChI=1S/C23H17FN2OS/c1-14(27)15-7-8-17(18(24)13-15)21-25-19-9-10-20(26-22(19)28-21)23(11-12-23)16-5-3-2-4-6-16/h2-14,27H,1H3. The lowest BCUT2D eigenvalue weighted by Gasteiger charge is -2.15. The third-order valence-electron chi connectivity index (χ3n) is 5.14. The molecular formula is C23H17FN2OS. The van der Waals surface area contributed by atoms with Crippen molar-refractivity contribution < 1.29 is 9.50 Å². The second-order valence-electron chi connectivity index (χ2n) is 7.02. The fraction of sp³-hybridized carbons (Fsp3) is 0.130. The van der Waals surface area contributed by atoms with Gasteiger partial charge in [0.05, 0.1) is 17.2 Å². The zero-order chi connectivity index (χ0) is 19.3. The molecule has 0 bridgehead atoms. The van der Waals surface area contributed by atoms with Crippen LogP contribution < -0.4 is 0 Å². The summed E-state index contributed by atoms with van der Waals surface area (Å²) in [5, 5.41) is 10.2. The maximum Gasteiger partial charge on any atom is 0.144 e. The lowest BCUT2D eigenvalue weighted by atomic mass is 9.89. The monoisotopic (exact) mass is 388 g/mol. The highest BCUT2D eigenvalue weighted by Crippen LogP contribution is 2.45. The van der Waals surface area contributed by atoms with Gasteiger partial charge in [0.25, 0.3) is 0 Å². The van der Waals surface area contributed by atoms with Crippen molar-refractivity contribution in [3.63, 3.8) is 0 Å². The number of halogens is 1. The van der Waals surface area contributed by atoms with Crippen LogP contribution in [0.3, 0.4) is 0 Å². The number of hydrogen-bond donors (Lipinski definition) is 1. The summed E-state index contributed by atoms with van der Waals surface area (Å²) < 4.78 is 14.5. The normalized spacial score (nSPS) is 15.7. The van der Waals surface area contributed by atoms with Crippen LogP contribution in [-0.4, -0.2) is 15.1 Å². The highest BCUT2D eigenvalue weighted by Gasteiger charge is 2.39. The van der Waals surface area contributed by atoms with Gasteiger partial charge in [-0.25, -0.2) is 14.4 Å². The molecule has 1 N–H and O–H groups in total. The number of allylic oxidation sites excluding steroid dienone is 2. The van der Waals surface area contributed by atoms with Crippen LogP contribution in [0.4, 0.5) is 4.39 Å². The Morgan fingerprint density at radius 3 is 2.46 bits per heavy atom. The van der Waals surface area contributed by atoms with Crippen molar-refractivity contribution in [2.24, 2.45) is 0 Å². The molecule has 0 amide bonds. The Hall–Kier alpha value is -2.89. The van der Waals surface area contributed by atoms with E-state index in [0.717, 1.165) is 16.0 Å². The van der Waals surface area contributed by atoms with Crippen LogP contribution in [0.1, 0.15) is 29.8 Å². The molecule has 5 heteroatoms. The van der Waals surface area contributed by atoms with E-state index in [1.165, 1.54) is 23.0 Å². The Morgan fingerprint density at radius 2 is 1.79 bits per heavy atom. The van der Waals surface area contributed by atoms with Gasteiger partial charge in [0.15, 0.2) is 0 Å². The molecule has 1 aliphatic rings. The molecule has 138 valence electrons. The summed E-state index contributed by atoms with van der Waals surface area (Å²) in [7, 11) is 0. The van der Waals surface area contributed by atoms with E-state index in [4.69, 9.17) is 4.98 Å². The third-order valence-corrected chi connectivity index (χ3v) is 6.14. The van der Waals surface area contributed by atoms with Gasteiger partial charge in [-0.3, -0.25) is 0 Å². The minimum absolute atomic E-state index is 0.246. The summed E-state index contributed by atoms with van der Waals surface area (Å²) in [5.74, 6) is -0.387. The molecule has 2 aromatic carbocycles. The molecule has 3 nitrogen and oxygen atoms in total. The summed E-state index contributed by atoms with van der Waals surface area (Å²) >= 11 is 1.38. The summed E-state index contributed by atoms with van der Waals surface area (Å²) in [6.07, 6.45) is 3.59. The summed E-state index contributed by atoms with van der Waals surface area (Å²) in [4.78, 5) is 10.2. The van der Waals surface area contributed by atoms with Crippen molar-refractivity contribution in [1.29, 1.82) is 0 Å². The van der Waals surface area contributed by atoms with Gasteiger partial charge in [0.2, 0.25) is 0 Å². The van der Waals surface area contributed by atoms with E-state index in [1.807, 2.05) is 30.3 Å². The first-order valence-electron chi connectivity index (χ1n) is 9.09. The van der Waals surface area contributed by atoms with Crippen LogP contribution >= 0.6 is 11.3 Å².